The number of furan rings is 1. The minimum atomic E-state index is -0.305. The summed E-state index contributed by atoms with van der Waals surface area (Å²) in [5.74, 6) is 0.228. The summed E-state index contributed by atoms with van der Waals surface area (Å²) in [5, 5.41) is 2.85. The Kier molecular flexibility index (Phi) is 8.09. The second-order valence-electron chi connectivity index (χ2n) is 7.42. The average Bonchev–Trinajstić information content (AvgIpc) is 3.30. The first kappa shape index (κ1) is 22.1. The van der Waals surface area contributed by atoms with Gasteiger partial charge in [-0.15, -0.1) is 0 Å². The Morgan fingerprint density at radius 1 is 1.00 bits per heavy atom. The van der Waals surface area contributed by atoms with E-state index in [-0.39, 0.29) is 17.9 Å². The molecular formula is C20H31N5O5. The maximum absolute atomic E-state index is 12.6. The van der Waals surface area contributed by atoms with Crippen LogP contribution in [0.1, 0.15) is 17.5 Å². The molecule has 10 nitrogen and oxygen atoms in total. The van der Waals surface area contributed by atoms with Gasteiger partial charge in [0, 0.05) is 65.4 Å². The zero-order valence-electron chi connectivity index (χ0n) is 17.5. The molecule has 0 radical (unpaired) electrons. The molecule has 1 N–H and O–H groups in total. The third-order valence-corrected chi connectivity index (χ3v) is 5.44. The molecule has 30 heavy (non-hydrogen) atoms. The summed E-state index contributed by atoms with van der Waals surface area (Å²) >= 11 is 0. The van der Waals surface area contributed by atoms with E-state index in [9.17, 15) is 14.4 Å². The molecule has 0 spiro atoms. The molecule has 2 fully saturated rings. The highest BCUT2D eigenvalue weighted by Crippen LogP contribution is 2.07. The van der Waals surface area contributed by atoms with E-state index in [1.165, 1.54) is 6.26 Å². The predicted molar refractivity (Wildman–Crippen MR) is 109 cm³/mol. The zero-order valence-corrected chi connectivity index (χ0v) is 17.5. The van der Waals surface area contributed by atoms with Crippen molar-refractivity contribution < 1.29 is 23.5 Å². The van der Waals surface area contributed by atoms with Crippen molar-refractivity contribution in [3.05, 3.63) is 24.2 Å². The molecule has 2 aliphatic rings. The second-order valence-corrected chi connectivity index (χ2v) is 7.42. The summed E-state index contributed by atoms with van der Waals surface area (Å²) in [4.78, 5) is 44.1. The van der Waals surface area contributed by atoms with E-state index in [0.717, 1.165) is 32.7 Å². The Bertz CT molecular complexity index is 694. The summed E-state index contributed by atoms with van der Waals surface area (Å²) in [6.07, 6.45) is 1.18. The van der Waals surface area contributed by atoms with Crippen LogP contribution >= 0.6 is 0 Å². The van der Waals surface area contributed by atoms with Crippen LogP contribution < -0.4 is 5.32 Å². The molecule has 0 aliphatic carbocycles. The van der Waals surface area contributed by atoms with Gasteiger partial charge < -0.3 is 24.3 Å². The van der Waals surface area contributed by atoms with Gasteiger partial charge in [-0.1, -0.05) is 0 Å². The lowest BCUT2D eigenvalue weighted by atomic mass is 10.2. The summed E-state index contributed by atoms with van der Waals surface area (Å²) in [6.45, 7) is 9.37. The van der Waals surface area contributed by atoms with E-state index >= 15 is 0 Å². The van der Waals surface area contributed by atoms with Crippen LogP contribution in [0.2, 0.25) is 0 Å². The van der Waals surface area contributed by atoms with Crippen molar-refractivity contribution in [1.82, 2.24) is 24.9 Å². The van der Waals surface area contributed by atoms with Crippen LogP contribution in [-0.2, 0) is 9.53 Å². The van der Waals surface area contributed by atoms with E-state index in [0.29, 0.717) is 51.6 Å². The number of nitrogens with one attached hydrogen (secondary N) is 1. The van der Waals surface area contributed by atoms with Crippen molar-refractivity contribution in [2.75, 3.05) is 78.6 Å². The van der Waals surface area contributed by atoms with Crippen molar-refractivity contribution in [2.24, 2.45) is 0 Å². The molecule has 0 saturated carbocycles. The standard InChI is InChI=1S/C20H31N5O5/c1-2-29-20(28)25-13-11-24(12-14-25)18(26)16-23-9-7-22(8-10-23)6-5-21-19(27)17-4-3-15-30-17/h3-4,15H,2,5-14,16H2,1H3,(H,21,27). The Morgan fingerprint density at radius 3 is 2.30 bits per heavy atom. The van der Waals surface area contributed by atoms with Gasteiger partial charge in [0.15, 0.2) is 5.76 Å². The molecule has 3 amide bonds. The fourth-order valence-corrected chi connectivity index (χ4v) is 3.64. The molecule has 0 unspecified atom stereocenters. The van der Waals surface area contributed by atoms with Crippen LogP contribution in [0.15, 0.2) is 22.8 Å². The molecule has 1 aromatic heterocycles. The van der Waals surface area contributed by atoms with Crippen molar-refractivity contribution in [3.8, 4) is 0 Å². The number of amides is 3. The summed E-state index contributed by atoms with van der Waals surface area (Å²) in [6, 6.07) is 3.33. The summed E-state index contributed by atoms with van der Waals surface area (Å²) < 4.78 is 10.1. The Hall–Kier alpha value is -2.59. The van der Waals surface area contributed by atoms with E-state index in [2.05, 4.69) is 15.1 Å². The number of ether oxygens (including phenoxy) is 1. The fraction of sp³-hybridized carbons (Fsp3) is 0.650. The number of hydrogen-bond acceptors (Lipinski definition) is 7. The van der Waals surface area contributed by atoms with Crippen molar-refractivity contribution >= 4 is 17.9 Å². The molecule has 1 aromatic rings. The number of carbonyl (C=O) groups excluding carboxylic acids is 3. The maximum Gasteiger partial charge on any atom is 0.409 e. The van der Waals surface area contributed by atoms with Crippen molar-refractivity contribution in [2.45, 2.75) is 6.92 Å². The molecule has 0 atom stereocenters. The first-order valence-corrected chi connectivity index (χ1v) is 10.5. The third kappa shape index (κ3) is 6.20. The van der Waals surface area contributed by atoms with Crippen LogP contribution in [0.3, 0.4) is 0 Å². The quantitative estimate of drug-likeness (QED) is 0.658. The first-order chi connectivity index (χ1) is 14.6. The first-order valence-electron chi connectivity index (χ1n) is 10.5. The van der Waals surface area contributed by atoms with Gasteiger partial charge in [0.05, 0.1) is 19.4 Å². The molecule has 0 aromatic carbocycles. The SMILES string of the molecule is CCOC(=O)N1CCN(C(=O)CN2CCN(CCNC(=O)c3ccco3)CC2)CC1. The zero-order chi connectivity index (χ0) is 21.3. The van der Waals surface area contributed by atoms with E-state index in [4.69, 9.17) is 9.15 Å². The van der Waals surface area contributed by atoms with Gasteiger partial charge in [0.1, 0.15) is 0 Å². The average molecular weight is 421 g/mol. The van der Waals surface area contributed by atoms with E-state index in [1.54, 1.807) is 24.0 Å². The van der Waals surface area contributed by atoms with Crippen LogP contribution in [-0.4, -0.2) is 116 Å². The molecule has 2 aliphatic heterocycles. The lowest BCUT2D eigenvalue weighted by Crippen LogP contribution is -2.55. The topological polar surface area (TPSA) is 98.6 Å². The van der Waals surface area contributed by atoms with Gasteiger partial charge in [-0.3, -0.25) is 19.4 Å². The fourth-order valence-electron chi connectivity index (χ4n) is 3.64. The second kappa shape index (κ2) is 11.0. The summed E-state index contributed by atoms with van der Waals surface area (Å²) in [7, 11) is 0. The molecule has 2 saturated heterocycles. The largest absolute Gasteiger partial charge is 0.459 e. The van der Waals surface area contributed by atoms with Crippen molar-refractivity contribution in [1.29, 1.82) is 0 Å². The molecule has 166 valence electrons. The predicted octanol–water partition coefficient (Wildman–Crippen LogP) is -0.0723. The lowest BCUT2D eigenvalue weighted by Gasteiger charge is -2.37. The molecular weight excluding hydrogens is 390 g/mol. The molecule has 3 heterocycles. The molecule has 3 rings (SSSR count). The van der Waals surface area contributed by atoms with Crippen LogP contribution in [0.25, 0.3) is 0 Å². The van der Waals surface area contributed by atoms with Crippen LogP contribution in [0.5, 0.6) is 0 Å². The molecule has 10 heteroatoms. The highest BCUT2D eigenvalue weighted by molar-refractivity contribution is 5.91. The number of piperazine rings is 2. The number of nitrogens with zero attached hydrogens (tertiary/aromatic N) is 4. The minimum Gasteiger partial charge on any atom is -0.459 e. The van der Waals surface area contributed by atoms with E-state index in [1.807, 2.05) is 4.90 Å². The van der Waals surface area contributed by atoms with Crippen molar-refractivity contribution in [3.63, 3.8) is 0 Å². The van der Waals surface area contributed by atoms with Crippen LogP contribution in [0, 0.1) is 0 Å². The van der Waals surface area contributed by atoms with Gasteiger partial charge in [-0.2, -0.15) is 0 Å². The number of hydrogen-bond donors (Lipinski definition) is 1. The highest BCUT2D eigenvalue weighted by atomic mass is 16.6. The van der Waals surface area contributed by atoms with Gasteiger partial charge in [-0.05, 0) is 19.1 Å². The normalized spacial score (nSPS) is 18.3. The number of rotatable bonds is 7. The van der Waals surface area contributed by atoms with E-state index < -0.39 is 0 Å². The van der Waals surface area contributed by atoms with Crippen LogP contribution in [0.4, 0.5) is 4.79 Å². The third-order valence-electron chi connectivity index (χ3n) is 5.44. The monoisotopic (exact) mass is 421 g/mol. The smallest absolute Gasteiger partial charge is 0.409 e. The molecule has 0 bridgehead atoms. The van der Waals surface area contributed by atoms with Gasteiger partial charge in [0.25, 0.3) is 5.91 Å². The number of carbonyl (C=O) groups is 3. The Morgan fingerprint density at radius 2 is 1.67 bits per heavy atom. The lowest BCUT2D eigenvalue weighted by molar-refractivity contribution is -0.134. The highest BCUT2D eigenvalue weighted by Gasteiger charge is 2.27. The van der Waals surface area contributed by atoms with Gasteiger partial charge >= 0.3 is 6.09 Å². The summed E-state index contributed by atoms with van der Waals surface area (Å²) in [5.41, 5.74) is 0. The van der Waals surface area contributed by atoms with Gasteiger partial charge in [-0.25, -0.2) is 4.79 Å². The minimum absolute atomic E-state index is 0.109. The van der Waals surface area contributed by atoms with Gasteiger partial charge in [0.2, 0.25) is 5.91 Å². The Balaban J connectivity index is 1.29. The maximum atomic E-state index is 12.6. The Labute approximate surface area is 176 Å².